The van der Waals surface area contributed by atoms with Crippen LogP contribution < -0.4 is 10.6 Å². The zero-order chi connectivity index (χ0) is 15.1. The van der Waals surface area contributed by atoms with Gasteiger partial charge < -0.3 is 20.5 Å². The Bertz CT molecular complexity index is 472. The summed E-state index contributed by atoms with van der Waals surface area (Å²) >= 11 is 0. The van der Waals surface area contributed by atoms with E-state index in [4.69, 9.17) is 4.74 Å². The molecule has 1 aliphatic rings. The van der Waals surface area contributed by atoms with E-state index in [2.05, 4.69) is 10.6 Å². The van der Waals surface area contributed by atoms with E-state index in [-0.39, 0.29) is 0 Å². The Balaban J connectivity index is 1.80. The van der Waals surface area contributed by atoms with Crippen LogP contribution in [0.4, 0.5) is 4.79 Å². The van der Waals surface area contributed by atoms with Gasteiger partial charge in [-0.15, -0.1) is 0 Å². The summed E-state index contributed by atoms with van der Waals surface area (Å²) in [6, 6.07) is 7.12. The summed E-state index contributed by atoms with van der Waals surface area (Å²) in [5.74, 6) is -0.602. The normalized spacial score (nSPS) is 19.0. The maximum Gasteiger partial charge on any atom is 0.330 e. The van der Waals surface area contributed by atoms with Crippen molar-refractivity contribution in [2.75, 3.05) is 19.8 Å². The fourth-order valence-corrected chi connectivity index (χ4v) is 2.32. The molecule has 21 heavy (non-hydrogen) atoms. The average molecular weight is 292 g/mol. The molecule has 1 heterocycles. The van der Waals surface area contributed by atoms with Gasteiger partial charge >= 0.3 is 12.0 Å². The molecule has 1 unspecified atom stereocenters. The number of carboxylic acid groups (broad SMARTS) is 1. The van der Waals surface area contributed by atoms with Crippen molar-refractivity contribution >= 4 is 12.0 Å². The molecule has 2 amide bonds. The molecule has 1 aromatic carbocycles. The van der Waals surface area contributed by atoms with Crippen molar-refractivity contribution in [3.05, 3.63) is 35.9 Å². The number of amides is 2. The molecule has 1 fully saturated rings. The zero-order valence-electron chi connectivity index (χ0n) is 11.7. The van der Waals surface area contributed by atoms with E-state index in [9.17, 15) is 14.7 Å². The highest BCUT2D eigenvalue weighted by Crippen LogP contribution is 2.15. The van der Waals surface area contributed by atoms with E-state index < -0.39 is 18.0 Å². The molecule has 1 saturated heterocycles. The third kappa shape index (κ3) is 4.75. The average Bonchev–Trinajstić information content (AvgIpc) is 2.98. The smallest absolute Gasteiger partial charge is 0.330 e. The number of carbonyl (C=O) groups is 2. The lowest BCUT2D eigenvalue weighted by Crippen LogP contribution is -2.41. The first-order valence-electron chi connectivity index (χ1n) is 7.06. The number of aliphatic carboxylic acids is 1. The molecule has 0 saturated carbocycles. The second kappa shape index (κ2) is 7.64. The first-order chi connectivity index (χ1) is 10.2. The fourth-order valence-electron chi connectivity index (χ4n) is 2.32. The number of nitrogens with one attached hydrogen (secondary N) is 2. The molecule has 1 aliphatic heterocycles. The monoisotopic (exact) mass is 292 g/mol. The SMILES string of the molecule is O=C(NCCC1CCOC1)N[C@H](C(=O)O)c1ccccc1. The van der Waals surface area contributed by atoms with E-state index in [0.29, 0.717) is 18.0 Å². The van der Waals surface area contributed by atoms with Crippen LogP contribution in [-0.4, -0.2) is 36.9 Å². The van der Waals surface area contributed by atoms with Crippen LogP contribution in [0.25, 0.3) is 0 Å². The Hall–Kier alpha value is -2.08. The number of rotatable bonds is 6. The van der Waals surface area contributed by atoms with Gasteiger partial charge in [0.25, 0.3) is 0 Å². The van der Waals surface area contributed by atoms with Crippen LogP contribution in [-0.2, 0) is 9.53 Å². The van der Waals surface area contributed by atoms with Gasteiger partial charge in [-0.1, -0.05) is 30.3 Å². The molecular weight excluding hydrogens is 272 g/mol. The highest BCUT2D eigenvalue weighted by Gasteiger charge is 2.22. The van der Waals surface area contributed by atoms with Gasteiger partial charge in [-0.2, -0.15) is 0 Å². The molecule has 0 aromatic heterocycles. The first kappa shape index (κ1) is 15.3. The Morgan fingerprint density at radius 3 is 2.71 bits per heavy atom. The highest BCUT2D eigenvalue weighted by atomic mass is 16.5. The summed E-state index contributed by atoms with van der Waals surface area (Å²) in [6.45, 7) is 2.04. The number of urea groups is 1. The summed E-state index contributed by atoms with van der Waals surface area (Å²) in [4.78, 5) is 23.0. The van der Waals surface area contributed by atoms with Gasteiger partial charge in [0, 0.05) is 19.8 Å². The molecule has 6 heteroatoms. The lowest BCUT2D eigenvalue weighted by Gasteiger charge is -2.16. The van der Waals surface area contributed by atoms with Crippen LogP contribution >= 0.6 is 0 Å². The van der Waals surface area contributed by atoms with Gasteiger partial charge in [0.2, 0.25) is 0 Å². The van der Waals surface area contributed by atoms with Crippen molar-refractivity contribution in [1.82, 2.24) is 10.6 Å². The maximum atomic E-state index is 11.8. The van der Waals surface area contributed by atoms with Gasteiger partial charge in [0.15, 0.2) is 6.04 Å². The zero-order valence-corrected chi connectivity index (χ0v) is 11.7. The Morgan fingerprint density at radius 2 is 2.10 bits per heavy atom. The Kier molecular flexibility index (Phi) is 5.57. The second-order valence-electron chi connectivity index (χ2n) is 5.10. The third-order valence-electron chi connectivity index (χ3n) is 3.52. The lowest BCUT2D eigenvalue weighted by atomic mass is 10.1. The topological polar surface area (TPSA) is 87.7 Å². The molecule has 1 aromatic rings. The van der Waals surface area contributed by atoms with E-state index in [1.807, 2.05) is 0 Å². The van der Waals surface area contributed by atoms with Gasteiger partial charge in [0.1, 0.15) is 0 Å². The number of ether oxygens (including phenoxy) is 1. The van der Waals surface area contributed by atoms with Crippen molar-refractivity contribution in [2.45, 2.75) is 18.9 Å². The van der Waals surface area contributed by atoms with Crippen molar-refractivity contribution in [3.8, 4) is 0 Å². The Morgan fingerprint density at radius 1 is 1.33 bits per heavy atom. The predicted octanol–water partition coefficient (Wildman–Crippen LogP) is 1.54. The summed E-state index contributed by atoms with van der Waals surface area (Å²) in [6.07, 6.45) is 1.86. The second-order valence-corrected chi connectivity index (χ2v) is 5.10. The van der Waals surface area contributed by atoms with Gasteiger partial charge in [-0.05, 0) is 24.3 Å². The first-order valence-corrected chi connectivity index (χ1v) is 7.06. The maximum absolute atomic E-state index is 11.8. The van der Waals surface area contributed by atoms with Crippen molar-refractivity contribution < 1.29 is 19.4 Å². The molecule has 0 aliphatic carbocycles. The molecule has 6 nitrogen and oxygen atoms in total. The van der Waals surface area contributed by atoms with Gasteiger partial charge in [-0.25, -0.2) is 9.59 Å². The number of carbonyl (C=O) groups excluding carboxylic acids is 1. The standard InChI is InChI=1S/C15H20N2O4/c18-14(19)13(12-4-2-1-3-5-12)17-15(20)16-8-6-11-7-9-21-10-11/h1-5,11,13H,6-10H2,(H,18,19)(H2,16,17,20)/t11?,13-/m0/s1. The molecule has 0 spiro atoms. The number of carboxylic acids is 1. The largest absolute Gasteiger partial charge is 0.479 e. The summed E-state index contributed by atoms with van der Waals surface area (Å²) in [5, 5.41) is 14.4. The molecule has 3 N–H and O–H groups in total. The minimum atomic E-state index is -1.08. The van der Waals surface area contributed by atoms with Crippen LogP contribution in [0.1, 0.15) is 24.4 Å². The molecule has 2 atom stereocenters. The number of hydrogen-bond donors (Lipinski definition) is 3. The molecule has 0 bridgehead atoms. The lowest BCUT2D eigenvalue weighted by molar-refractivity contribution is -0.139. The fraction of sp³-hybridized carbons (Fsp3) is 0.467. The molecule has 0 radical (unpaired) electrons. The van der Waals surface area contributed by atoms with E-state index >= 15 is 0 Å². The van der Waals surface area contributed by atoms with E-state index in [0.717, 1.165) is 26.1 Å². The molecule has 114 valence electrons. The van der Waals surface area contributed by atoms with Crippen LogP contribution in [0.15, 0.2) is 30.3 Å². The summed E-state index contributed by atoms with van der Waals surface area (Å²) < 4.78 is 5.26. The summed E-state index contributed by atoms with van der Waals surface area (Å²) in [5.41, 5.74) is 0.546. The van der Waals surface area contributed by atoms with E-state index in [1.165, 1.54) is 0 Å². The highest BCUT2D eigenvalue weighted by molar-refractivity contribution is 5.83. The van der Waals surface area contributed by atoms with Gasteiger partial charge in [0.05, 0.1) is 0 Å². The van der Waals surface area contributed by atoms with Gasteiger partial charge in [-0.3, -0.25) is 0 Å². The molecule has 2 rings (SSSR count). The van der Waals surface area contributed by atoms with Crippen LogP contribution in [0, 0.1) is 5.92 Å². The minimum absolute atomic E-state index is 0.467. The van der Waals surface area contributed by atoms with Crippen molar-refractivity contribution in [3.63, 3.8) is 0 Å². The van der Waals surface area contributed by atoms with Crippen LogP contribution in [0.5, 0.6) is 0 Å². The quantitative estimate of drug-likeness (QED) is 0.742. The third-order valence-corrected chi connectivity index (χ3v) is 3.52. The minimum Gasteiger partial charge on any atom is -0.479 e. The Labute approximate surface area is 123 Å². The van der Waals surface area contributed by atoms with Crippen LogP contribution in [0.3, 0.4) is 0 Å². The number of benzene rings is 1. The molecular formula is C15H20N2O4. The van der Waals surface area contributed by atoms with Crippen molar-refractivity contribution in [1.29, 1.82) is 0 Å². The number of hydrogen-bond acceptors (Lipinski definition) is 3. The van der Waals surface area contributed by atoms with E-state index in [1.54, 1.807) is 30.3 Å². The predicted molar refractivity (Wildman–Crippen MR) is 76.9 cm³/mol. The van der Waals surface area contributed by atoms with Crippen molar-refractivity contribution in [2.24, 2.45) is 5.92 Å². The van der Waals surface area contributed by atoms with Crippen LogP contribution in [0.2, 0.25) is 0 Å². The summed E-state index contributed by atoms with van der Waals surface area (Å²) in [7, 11) is 0.